The van der Waals surface area contributed by atoms with Crippen molar-refractivity contribution in [2.45, 2.75) is 20.8 Å². The first-order chi connectivity index (χ1) is 12.5. The fraction of sp³-hybridized carbons (Fsp3) is 0.267. The molecule has 0 unspecified atom stereocenters. The maximum atomic E-state index is 12.2. The summed E-state index contributed by atoms with van der Waals surface area (Å²) in [5.74, 6) is -1.09. The number of nitrogens with zero attached hydrogens (tertiary/aromatic N) is 4. The average molecular weight is 378 g/mol. The highest BCUT2D eigenvalue weighted by atomic mass is 32.1. The van der Waals surface area contributed by atoms with E-state index in [4.69, 9.17) is 14.9 Å². The van der Waals surface area contributed by atoms with E-state index >= 15 is 0 Å². The number of rotatable bonds is 4. The first-order valence-electron chi connectivity index (χ1n) is 7.63. The van der Waals surface area contributed by atoms with E-state index in [9.17, 15) is 9.59 Å². The molecule has 26 heavy (non-hydrogen) atoms. The third-order valence-corrected chi connectivity index (χ3v) is 3.83. The highest BCUT2D eigenvalue weighted by Gasteiger charge is 2.17. The fourth-order valence-electron chi connectivity index (χ4n) is 1.89. The second kappa shape index (κ2) is 8.25. The van der Waals surface area contributed by atoms with Crippen molar-refractivity contribution in [3.05, 3.63) is 40.2 Å². The van der Waals surface area contributed by atoms with Crippen molar-refractivity contribution in [3.8, 4) is 10.9 Å². The van der Waals surface area contributed by atoms with Crippen LogP contribution in [0.4, 0.5) is 10.8 Å². The maximum Gasteiger partial charge on any atom is 0.381 e. The molecule has 0 aliphatic heterocycles. The summed E-state index contributed by atoms with van der Waals surface area (Å²) in [7, 11) is 1.28. The zero-order chi connectivity index (χ0) is 19.3. The molecule has 3 rings (SSSR count). The molecule has 10 nitrogen and oxygen atoms in total. The van der Waals surface area contributed by atoms with Crippen LogP contribution in [0.2, 0.25) is 0 Å². The summed E-state index contributed by atoms with van der Waals surface area (Å²) in [6.07, 6.45) is 1.63. The van der Waals surface area contributed by atoms with Crippen LogP contribution in [0.5, 0.6) is 5.75 Å². The SMILES string of the molecule is CC.COc1c(N)cc(C(=O)Nc2nnc(-n3nccc3C)s2)oc1=O. The number of aromatic nitrogens is 4. The summed E-state index contributed by atoms with van der Waals surface area (Å²) in [5, 5.41) is 15.1. The summed E-state index contributed by atoms with van der Waals surface area (Å²) in [5.41, 5.74) is 5.68. The van der Waals surface area contributed by atoms with E-state index in [2.05, 4.69) is 20.6 Å². The third kappa shape index (κ3) is 3.88. The number of ether oxygens (including phenoxy) is 1. The number of methoxy groups -OCH3 is 1. The van der Waals surface area contributed by atoms with Gasteiger partial charge in [-0.05, 0) is 13.0 Å². The first-order valence-corrected chi connectivity index (χ1v) is 8.44. The van der Waals surface area contributed by atoms with Crippen LogP contribution in [0.3, 0.4) is 0 Å². The summed E-state index contributed by atoms with van der Waals surface area (Å²) in [6.45, 7) is 5.86. The number of hydrogen-bond donors (Lipinski definition) is 2. The summed E-state index contributed by atoms with van der Waals surface area (Å²) >= 11 is 1.11. The van der Waals surface area contributed by atoms with Gasteiger partial charge >= 0.3 is 5.63 Å². The van der Waals surface area contributed by atoms with E-state index in [0.717, 1.165) is 17.0 Å². The molecule has 3 heterocycles. The molecule has 0 aliphatic rings. The number of nitrogens with one attached hydrogen (secondary N) is 1. The van der Waals surface area contributed by atoms with Crippen molar-refractivity contribution < 1.29 is 13.9 Å². The Morgan fingerprint density at radius 3 is 2.69 bits per heavy atom. The Hall–Kier alpha value is -3.21. The van der Waals surface area contributed by atoms with E-state index < -0.39 is 11.5 Å². The van der Waals surface area contributed by atoms with Gasteiger partial charge in [-0.1, -0.05) is 25.2 Å². The van der Waals surface area contributed by atoms with Crippen molar-refractivity contribution in [1.29, 1.82) is 0 Å². The molecule has 3 N–H and O–H groups in total. The Morgan fingerprint density at radius 2 is 2.12 bits per heavy atom. The number of nitrogen functional groups attached to an aromatic ring is 1. The summed E-state index contributed by atoms with van der Waals surface area (Å²) in [6, 6.07) is 3.02. The molecule has 138 valence electrons. The smallest absolute Gasteiger partial charge is 0.381 e. The number of carbonyl (C=O) groups is 1. The molecule has 0 saturated heterocycles. The van der Waals surface area contributed by atoms with Crippen molar-refractivity contribution in [2.75, 3.05) is 18.2 Å². The van der Waals surface area contributed by atoms with Gasteiger partial charge in [0.25, 0.3) is 5.91 Å². The normalized spacial score (nSPS) is 10.0. The molecular weight excluding hydrogens is 360 g/mol. The van der Waals surface area contributed by atoms with E-state index in [-0.39, 0.29) is 22.3 Å². The molecule has 0 atom stereocenters. The number of hydrogen-bond acceptors (Lipinski definition) is 9. The molecule has 3 aromatic rings. The number of carbonyl (C=O) groups excluding carboxylic acids is 1. The average Bonchev–Trinajstić information content (AvgIpc) is 3.25. The lowest BCUT2D eigenvalue weighted by atomic mass is 10.3. The molecule has 0 aromatic carbocycles. The van der Waals surface area contributed by atoms with Crippen LogP contribution in [0.25, 0.3) is 5.13 Å². The van der Waals surface area contributed by atoms with Crippen molar-refractivity contribution in [3.63, 3.8) is 0 Å². The largest absolute Gasteiger partial charge is 0.488 e. The molecule has 11 heteroatoms. The van der Waals surface area contributed by atoms with Gasteiger partial charge in [0.15, 0.2) is 5.76 Å². The van der Waals surface area contributed by atoms with E-state index in [0.29, 0.717) is 5.13 Å². The van der Waals surface area contributed by atoms with Gasteiger partial charge in [0.1, 0.15) is 0 Å². The Morgan fingerprint density at radius 1 is 1.38 bits per heavy atom. The zero-order valence-corrected chi connectivity index (χ0v) is 15.5. The van der Waals surface area contributed by atoms with E-state index in [1.54, 1.807) is 10.9 Å². The van der Waals surface area contributed by atoms with Crippen molar-refractivity contribution >= 4 is 28.1 Å². The van der Waals surface area contributed by atoms with Gasteiger partial charge in [0.05, 0.1) is 12.8 Å². The maximum absolute atomic E-state index is 12.2. The van der Waals surface area contributed by atoms with Crippen LogP contribution in [0.1, 0.15) is 30.1 Å². The van der Waals surface area contributed by atoms with Crippen LogP contribution in [-0.2, 0) is 0 Å². The van der Waals surface area contributed by atoms with Gasteiger partial charge in [-0.15, -0.1) is 10.2 Å². The number of anilines is 2. The minimum Gasteiger partial charge on any atom is -0.488 e. The molecule has 0 radical (unpaired) electrons. The fourth-order valence-corrected chi connectivity index (χ4v) is 2.65. The van der Waals surface area contributed by atoms with Crippen LogP contribution < -0.4 is 21.4 Å². The monoisotopic (exact) mass is 378 g/mol. The molecule has 0 saturated carbocycles. The van der Waals surface area contributed by atoms with Crippen LogP contribution in [0, 0.1) is 6.92 Å². The highest BCUT2D eigenvalue weighted by Crippen LogP contribution is 2.21. The number of amides is 1. The second-order valence-electron chi connectivity index (χ2n) is 4.62. The van der Waals surface area contributed by atoms with E-state index in [1.165, 1.54) is 13.2 Å². The van der Waals surface area contributed by atoms with Gasteiger partial charge in [-0.2, -0.15) is 5.10 Å². The van der Waals surface area contributed by atoms with Gasteiger partial charge in [-0.3, -0.25) is 10.1 Å². The molecule has 0 aliphatic carbocycles. The van der Waals surface area contributed by atoms with E-state index in [1.807, 2.05) is 26.8 Å². The minimum absolute atomic E-state index is 0.00372. The van der Waals surface area contributed by atoms with Crippen LogP contribution >= 0.6 is 11.3 Å². The summed E-state index contributed by atoms with van der Waals surface area (Å²) in [4.78, 5) is 23.8. The molecule has 3 aromatic heterocycles. The van der Waals surface area contributed by atoms with Crippen molar-refractivity contribution in [2.24, 2.45) is 0 Å². The Bertz CT molecular complexity index is 961. The first kappa shape index (κ1) is 19.1. The highest BCUT2D eigenvalue weighted by molar-refractivity contribution is 7.17. The molecule has 0 spiro atoms. The Labute approximate surface area is 152 Å². The topological polar surface area (TPSA) is 138 Å². The lowest BCUT2D eigenvalue weighted by Gasteiger charge is -2.04. The summed E-state index contributed by atoms with van der Waals surface area (Å²) < 4.78 is 11.3. The van der Waals surface area contributed by atoms with Gasteiger partial charge < -0.3 is 14.9 Å². The lowest BCUT2D eigenvalue weighted by molar-refractivity contribution is 0.0991. The van der Waals surface area contributed by atoms with Gasteiger partial charge in [-0.25, -0.2) is 9.48 Å². The predicted molar refractivity (Wildman–Crippen MR) is 97.0 cm³/mol. The Balaban J connectivity index is 0.00000117. The standard InChI is InChI=1S/C13H12N6O4S.C2H6/c1-6-3-4-15-19(6)13-18-17-12(24-13)16-10(20)8-5-7(14)9(22-2)11(21)23-8;1-2/h3-5H,14H2,1-2H3,(H,16,17,20);1-2H3. The van der Waals surface area contributed by atoms with Gasteiger partial charge in [0, 0.05) is 18.0 Å². The molecule has 0 bridgehead atoms. The predicted octanol–water partition coefficient (Wildman–Crippen LogP) is 1.85. The van der Waals surface area contributed by atoms with Crippen LogP contribution in [-0.4, -0.2) is 33.0 Å². The zero-order valence-electron chi connectivity index (χ0n) is 14.6. The number of nitrogens with two attached hydrogens (primary N) is 1. The second-order valence-corrected chi connectivity index (χ2v) is 5.57. The molecular formula is C15H18N6O4S. The van der Waals surface area contributed by atoms with Crippen molar-refractivity contribution in [1.82, 2.24) is 20.0 Å². The van der Waals surface area contributed by atoms with Gasteiger partial charge in [0.2, 0.25) is 16.0 Å². The Kier molecular flexibility index (Phi) is 6.07. The minimum atomic E-state index is -0.840. The third-order valence-electron chi connectivity index (χ3n) is 3.01. The van der Waals surface area contributed by atoms with Crippen LogP contribution in [0.15, 0.2) is 27.5 Å². The molecule has 0 fully saturated rings. The lowest BCUT2D eigenvalue weighted by Crippen LogP contribution is -2.16. The molecule has 1 amide bonds. The quantitative estimate of drug-likeness (QED) is 0.701. The number of aryl methyl sites for hydroxylation is 1.